The van der Waals surface area contributed by atoms with Crippen LogP contribution < -0.4 is 11.1 Å². The maximum Gasteiger partial charge on any atom is 0.254 e. The highest BCUT2D eigenvalue weighted by Crippen LogP contribution is 1.97. The van der Waals surface area contributed by atoms with Crippen molar-refractivity contribution in [3.8, 4) is 0 Å². The van der Waals surface area contributed by atoms with E-state index in [4.69, 9.17) is 18.0 Å². The highest BCUT2D eigenvalue weighted by Gasteiger charge is 2.10. The van der Waals surface area contributed by atoms with Crippen molar-refractivity contribution in [1.29, 1.82) is 0 Å². The average molecular weight is 212 g/mol. The van der Waals surface area contributed by atoms with Crippen LogP contribution in [0.3, 0.4) is 0 Å². The van der Waals surface area contributed by atoms with E-state index in [2.05, 4.69) is 15.5 Å². The number of aromatic nitrogens is 2. The summed E-state index contributed by atoms with van der Waals surface area (Å²) in [4.78, 5) is 11.8. The molecule has 0 saturated carbocycles. The Hall–Kier alpha value is -1.43. The molecule has 0 aliphatic carbocycles. The molecule has 6 heteroatoms. The van der Waals surface area contributed by atoms with E-state index in [0.29, 0.717) is 17.0 Å². The molecule has 14 heavy (non-hydrogen) atoms. The lowest BCUT2D eigenvalue weighted by Crippen LogP contribution is -2.35. The van der Waals surface area contributed by atoms with Crippen LogP contribution in [0, 0.1) is 0 Å². The van der Waals surface area contributed by atoms with Crippen LogP contribution >= 0.6 is 12.2 Å². The van der Waals surface area contributed by atoms with E-state index in [1.165, 1.54) is 12.4 Å². The van der Waals surface area contributed by atoms with Gasteiger partial charge in [-0.1, -0.05) is 12.2 Å². The van der Waals surface area contributed by atoms with Crippen molar-refractivity contribution in [1.82, 2.24) is 15.5 Å². The number of nitrogens with one attached hydrogen (secondary N) is 2. The van der Waals surface area contributed by atoms with Gasteiger partial charge in [0.25, 0.3) is 5.91 Å². The molecule has 0 bridgehead atoms. The molecule has 1 heterocycles. The highest BCUT2D eigenvalue weighted by atomic mass is 32.1. The van der Waals surface area contributed by atoms with Crippen molar-refractivity contribution in [3.63, 3.8) is 0 Å². The van der Waals surface area contributed by atoms with Crippen LogP contribution in [0.25, 0.3) is 0 Å². The Kier molecular flexibility index (Phi) is 3.58. The number of H-pyrrole nitrogens is 1. The Morgan fingerprint density at radius 3 is 3.07 bits per heavy atom. The molecule has 1 amide bonds. The van der Waals surface area contributed by atoms with E-state index in [0.717, 1.165) is 0 Å². The second-order valence-corrected chi connectivity index (χ2v) is 3.56. The summed E-state index contributed by atoms with van der Waals surface area (Å²) >= 11 is 4.73. The van der Waals surface area contributed by atoms with Crippen LogP contribution in [-0.4, -0.2) is 27.1 Å². The minimum absolute atomic E-state index is 0.0603. The van der Waals surface area contributed by atoms with Gasteiger partial charge in [0.15, 0.2) is 0 Å². The number of carbonyl (C=O) groups excluding carboxylic acids is 1. The summed E-state index contributed by atoms with van der Waals surface area (Å²) in [5.41, 5.74) is 5.85. The van der Waals surface area contributed by atoms with Gasteiger partial charge in [0.1, 0.15) is 0 Å². The minimum Gasteiger partial charge on any atom is -0.393 e. The number of hydrogen-bond acceptors (Lipinski definition) is 3. The van der Waals surface area contributed by atoms with Gasteiger partial charge >= 0.3 is 0 Å². The predicted octanol–water partition coefficient (Wildman–Crippen LogP) is 0.204. The van der Waals surface area contributed by atoms with Crippen LogP contribution in [0.15, 0.2) is 12.4 Å². The summed E-state index contributed by atoms with van der Waals surface area (Å²) in [6.45, 7) is 1.84. The van der Waals surface area contributed by atoms with Gasteiger partial charge in [-0.15, -0.1) is 0 Å². The van der Waals surface area contributed by atoms with Crippen LogP contribution in [0.2, 0.25) is 0 Å². The molecule has 0 spiro atoms. The van der Waals surface area contributed by atoms with Gasteiger partial charge in [-0.2, -0.15) is 5.10 Å². The quantitative estimate of drug-likeness (QED) is 0.623. The molecule has 76 valence electrons. The Morgan fingerprint density at radius 1 is 1.86 bits per heavy atom. The maximum atomic E-state index is 11.4. The van der Waals surface area contributed by atoms with Gasteiger partial charge in [0.2, 0.25) is 0 Å². The van der Waals surface area contributed by atoms with Crippen molar-refractivity contribution in [2.75, 3.05) is 0 Å². The number of amides is 1. The number of carbonyl (C=O) groups is 1. The van der Waals surface area contributed by atoms with Crippen molar-refractivity contribution in [2.45, 2.75) is 19.4 Å². The Bertz CT molecular complexity index is 322. The second kappa shape index (κ2) is 4.71. The number of aromatic amines is 1. The van der Waals surface area contributed by atoms with Crippen molar-refractivity contribution >= 4 is 23.1 Å². The molecule has 0 aliphatic rings. The zero-order chi connectivity index (χ0) is 10.6. The van der Waals surface area contributed by atoms with Crippen molar-refractivity contribution < 1.29 is 4.79 Å². The van der Waals surface area contributed by atoms with E-state index >= 15 is 0 Å². The molecular weight excluding hydrogens is 200 g/mol. The Balaban J connectivity index is 2.45. The van der Waals surface area contributed by atoms with Crippen molar-refractivity contribution in [2.24, 2.45) is 5.73 Å². The molecule has 1 atom stereocenters. The molecule has 1 aromatic rings. The predicted molar refractivity (Wildman–Crippen MR) is 56.9 cm³/mol. The molecule has 4 N–H and O–H groups in total. The first-order valence-electron chi connectivity index (χ1n) is 4.17. The van der Waals surface area contributed by atoms with Gasteiger partial charge in [-0.05, 0) is 6.92 Å². The molecule has 0 saturated heterocycles. The Labute approximate surface area is 87.1 Å². The minimum atomic E-state index is -0.178. The average Bonchev–Trinajstić information content (AvgIpc) is 2.53. The fourth-order valence-corrected chi connectivity index (χ4v) is 1.28. The fourth-order valence-electron chi connectivity index (χ4n) is 1.03. The molecule has 5 nitrogen and oxygen atoms in total. The van der Waals surface area contributed by atoms with Crippen LogP contribution in [0.4, 0.5) is 0 Å². The highest BCUT2D eigenvalue weighted by molar-refractivity contribution is 7.80. The number of rotatable bonds is 4. The van der Waals surface area contributed by atoms with E-state index in [1.807, 2.05) is 6.92 Å². The van der Waals surface area contributed by atoms with Crippen LogP contribution in [-0.2, 0) is 0 Å². The summed E-state index contributed by atoms with van der Waals surface area (Å²) in [5, 5.41) is 8.99. The molecule has 0 fully saturated rings. The number of nitrogens with two attached hydrogens (primary N) is 1. The normalized spacial score (nSPS) is 12.1. The third kappa shape index (κ3) is 3.14. The van der Waals surface area contributed by atoms with Gasteiger partial charge in [-0.3, -0.25) is 9.89 Å². The Morgan fingerprint density at radius 2 is 2.57 bits per heavy atom. The SMILES string of the molecule is CC(CC(N)=S)NC(=O)c1cn[nH]c1. The lowest BCUT2D eigenvalue weighted by molar-refractivity contribution is 0.0941. The molecule has 0 radical (unpaired) electrons. The summed E-state index contributed by atoms with van der Waals surface area (Å²) in [6, 6.07) is -0.0603. The topological polar surface area (TPSA) is 83.8 Å². The molecule has 1 aromatic heterocycles. The number of hydrogen-bond donors (Lipinski definition) is 3. The first-order chi connectivity index (χ1) is 6.59. The van der Waals surface area contributed by atoms with Crippen LogP contribution in [0.1, 0.15) is 23.7 Å². The third-order valence-electron chi connectivity index (χ3n) is 1.65. The summed E-state index contributed by atoms with van der Waals surface area (Å²) in [6.07, 6.45) is 3.49. The monoisotopic (exact) mass is 212 g/mol. The lowest BCUT2D eigenvalue weighted by atomic mass is 10.2. The zero-order valence-corrected chi connectivity index (χ0v) is 8.60. The van der Waals surface area contributed by atoms with Crippen molar-refractivity contribution in [3.05, 3.63) is 18.0 Å². The van der Waals surface area contributed by atoms with Crippen LogP contribution in [0.5, 0.6) is 0 Å². The van der Waals surface area contributed by atoms with Gasteiger partial charge < -0.3 is 11.1 Å². The smallest absolute Gasteiger partial charge is 0.254 e. The second-order valence-electron chi connectivity index (χ2n) is 3.03. The standard InChI is InChI=1S/C8H12N4OS/c1-5(2-7(9)14)12-8(13)6-3-10-11-4-6/h3-5H,2H2,1H3,(H2,9,14)(H,10,11)(H,12,13). The molecule has 0 aromatic carbocycles. The lowest BCUT2D eigenvalue weighted by Gasteiger charge is -2.11. The maximum absolute atomic E-state index is 11.4. The largest absolute Gasteiger partial charge is 0.393 e. The first kappa shape index (κ1) is 10.6. The number of thiocarbonyl (C=S) groups is 1. The van der Waals surface area contributed by atoms with E-state index in [-0.39, 0.29) is 11.9 Å². The fraction of sp³-hybridized carbons (Fsp3) is 0.375. The van der Waals surface area contributed by atoms with Gasteiger partial charge in [-0.25, -0.2) is 0 Å². The summed E-state index contributed by atoms with van der Waals surface area (Å²) in [7, 11) is 0. The van der Waals surface area contributed by atoms with E-state index in [1.54, 1.807) is 0 Å². The summed E-state index contributed by atoms with van der Waals surface area (Å²) in [5.74, 6) is -0.178. The zero-order valence-electron chi connectivity index (χ0n) is 7.78. The van der Waals surface area contributed by atoms with Gasteiger partial charge in [0, 0.05) is 18.7 Å². The molecule has 1 rings (SSSR count). The molecule has 0 aliphatic heterocycles. The molecular formula is C8H12N4OS. The van der Waals surface area contributed by atoms with E-state index < -0.39 is 0 Å². The van der Waals surface area contributed by atoms with Gasteiger partial charge in [0.05, 0.1) is 16.7 Å². The first-order valence-corrected chi connectivity index (χ1v) is 4.58. The summed E-state index contributed by atoms with van der Waals surface area (Å²) < 4.78 is 0. The third-order valence-corrected chi connectivity index (χ3v) is 1.81. The molecule has 1 unspecified atom stereocenters. The number of nitrogens with zero attached hydrogens (tertiary/aromatic N) is 1. The van der Waals surface area contributed by atoms with E-state index in [9.17, 15) is 4.79 Å².